The van der Waals surface area contributed by atoms with Crippen molar-refractivity contribution in [2.45, 2.75) is 63.8 Å². The Bertz CT molecular complexity index is 391. The van der Waals surface area contributed by atoms with E-state index in [2.05, 4.69) is 17.6 Å². The molecular weight excluding hydrogens is 316 g/mol. The number of hydrogen-bond acceptors (Lipinski definition) is 4. The Balaban J connectivity index is 0.00000264. The number of esters is 1. The number of ether oxygens (including phenoxy) is 1. The molecule has 5 nitrogen and oxygen atoms in total. The summed E-state index contributed by atoms with van der Waals surface area (Å²) in [5.41, 5.74) is -0.780. The minimum Gasteiger partial charge on any atom is -0.467 e. The van der Waals surface area contributed by atoms with E-state index in [0.717, 1.165) is 45.2 Å². The van der Waals surface area contributed by atoms with Crippen molar-refractivity contribution in [3.63, 3.8) is 0 Å². The van der Waals surface area contributed by atoms with Crippen LogP contribution in [-0.2, 0) is 14.3 Å². The molecule has 1 saturated carbocycles. The molecule has 2 rings (SSSR count). The molecule has 134 valence electrons. The summed E-state index contributed by atoms with van der Waals surface area (Å²) in [5, 5.41) is 6.38. The summed E-state index contributed by atoms with van der Waals surface area (Å²) in [6.07, 6.45) is 7.25. The largest absolute Gasteiger partial charge is 0.467 e. The van der Waals surface area contributed by atoms with Crippen LogP contribution >= 0.6 is 12.4 Å². The van der Waals surface area contributed by atoms with Crippen molar-refractivity contribution in [1.29, 1.82) is 0 Å². The fourth-order valence-corrected chi connectivity index (χ4v) is 3.92. The van der Waals surface area contributed by atoms with Crippen LogP contribution in [0.2, 0.25) is 0 Å². The van der Waals surface area contributed by atoms with Gasteiger partial charge in [0, 0.05) is 6.42 Å². The second kappa shape index (κ2) is 9.48. The maximum Gasteiger partial charge on any atom is 0.331 e. The number of piperidine rings is 1. The number of amides is 1. The summed E-state index contributed by atoms with van der Waals surface area (Å²) >= 11 is 0. The number of carbonyl (C=O) groups is 2. The predicted octanol–water partition coefficient (Wildman–Crippen LogP) is 2.43. The quantitative estimate of drug-likeness (QED) is 0.750. The van der Waals surface area contributed by atoms with Crippen molar-refractivity contribution >= 4 is 24.3 Å². The average molecular weight is 347 g/mol. The zero-order valence-electron chi connectivity index (χ0n) is 14.4. The number of hydrogen-bond donors (Lipinski definition) is 2. The number of carbonyl (C=O) groups excluding carboxylic acids is 2. The third-order valence-electron chi connectivity index (χ3n) is 5.36. The topological polar surface area (TPSA) is 67.4 Å². The van der Waals surface area contributed by atoms with E-state index in [1.165, 1.54) is 7.11 Å². The van der Waals surface area contributed by atoms with Crippen molar-refractivity contribution in [2.75, 3.05) is 20.2 Å². The van der Waals surface area contributed by atoms with Crippen LogP contribution in [0.4, 0.5) is 0 Å². The Morgan fingerprint density at radius 3 is 2.39 bits per heavy atom. The smallest absolute Gasteiger partial charge is 0.331 e. The standard InChI is InChI=1S/C17H30N2O3.ClH/c1-13(14-6-10-18-11-7-14)12-15(20)19-17(16(21)22-2)8-4-3-5-9-17;/h13-14,18H,3-12H2,1-2H3,(H,19,20);1H. The first-order valence-corrected chi connectivity index (χ1v) is 8.67. The summed E-state index contributed by atoms with van der Waals surface area (Å²) in [4.78, 5) is 24.6. The lowest BCUT2D eigenvalue weighted by molar-refractivity contribution is -0.152. The summed E-state index contributed by atoms with van der Waals surface area (Å²) < 4.78 is 4.95. The van der Waals surface area contributed by atoms with Gasteiger partial charge in [-0.3, -0.25) is 4.79 Å². The molecule has 1 atom stereocenters. The molecule has 2 fully saturated rings. The molecule has 6 heteroatoms. The van der Waals surface area contributed by atoms with Crippen molar-refractivity contribution in [3.05, 3.63) is 0 Å². The Labute approximate surface area is 145 Å². The van der Waals surface area contributed by atoms with Crippen LogP contribution in [0.25, 0.3) is 0 Å². The summed E-state index contributed by atoms with van der Waals surface area (Å²) in [6.45, 7) is 4.24. The van der Waals surface area contributed by atoms with Gasteiger partial charge in [-0.05, 0) is 50.6 Å². The van der Waals surface area contributed by atoms with Gasteiger partial charge in [0.05, 0.1) is 7.11 Å². The fourth-order valence-electron chi connectivity index (χ4n) is 3.92. The summed E-state index contributed by atoms with van der Waals surface area (Å²) in [7, 11) is 1.41. The average Bonchev–Trinajstić information content (AvgIpc) is 2.55. The highest BCUT2D eigenvalue weighted by Crippen LogP contribution is 2.30. The summed E-state index contributed by atoms with van der Waals surface area (Å²) in [6, 6.07) is 0. The van der Waals surface area contributed by atoms with Gasteiger partial charge in [0.2, 0.25) is 5.91 Å². The van der Waals surface area contributed by atoms with E-state index in [-0.39, 0.29) is 24.3 Å². The normalized spacial score (nSPS) is 22.5. The van der Waals surface area contributed by atoms with Gasteiger partial charge in [-0.25, -0.2) is 4.79 Å². The van der Waals surface area contributed by atoms with E-state index in [1.54, 1.807) is 0 Å². The van der Waals surface area contributed by atoms with Crippen LogP contribution in [-0.4, -0.2) is 37.6 Å². The van der Waals surface area contributed by atoms with Crippen LogP contribution in [0.3, 0.4) is 0 Å². The van der Waals surface area contributed by atoms with Crippen LogP contribution in [0.5, 0.6) is 0 Å². The third kappa shape index (κ3) is 5.35. The first kappa shape index (κ1) is 20.2. The van der Waals surface area contributed by atoms with Crippen molar-refractivity contribution in [3.8, 4) is 0 Å². The maximum absolute atomic E-state index is 12.5. The highest BCUT2D eigenvalue weighted by Gasteiger charge is 2.42. The number of methoxy groups -OCH3 is 1. The molecule has 0 radical (unpaired) electrons. The molecular formula is C17H31ClN2O3. The zero-order chi connectivity index (χ0) is 16.0. The monoisotopic (exact) mass is 346 g/mol. The number of halogens is 1. The molecule has 2 aliphatic rings. The van der Waals surface area contributed by atoms with Gasteiger partial charge in [0.25, 0.3) is 0 Å². The van der Waals surface area contributed by atoms with E-state index < -0.39 is 5.54 Å². The molecule has 1 unspecified atom stereocenters. The van der Waals surface area contributed by atoms with E-state index in [1.807, 2.05) is 0 Å². The lowest BCUT2D eigenvalue weighted by Crippen LogP contribution is -2.56. The SMILES string of the molecule is COC(=O)C1(NC(=O)CC(C)C2CCNCC2)CCCCC1.Cl. The van der Waals surface area contributed by atoms with Crippen molar-refractivity contribution < 1.29 is 14.3 Å². The number of nitrogens with one attached hydrogen (secondary N) is 2. The fraction of sp³-hybridized carbons (Fsp3) is 0.882. The molecule has 1 heterocycles. The Kier molecular flexibility index (Phi) is 8.34. The molecule has 2 N–H and O–H groups in total. The van der Waals surface area contributed by atoms with E-state index in [0.29, 0.717) is 31.1 Å². The molecule has 0 aromatic rings. The van der Waals surface area contributed by atoms with Crippen LogP contribution in [0.15, 0.2) is 0 Å². The lowest BCUT2D eigenvalue weighted by atomic mass is 9.80. The van der Waals surface area contributed by atoms with E-state index in [4.69, 9.17) is 4.74 Å². The second-order valence-corrected chi connectivity index (χ2v) is 6.95. The van der Waals surface area contributed by atoms with Gasteiger partial charge in [0.15, 0.2) is 0 Å². The van der Waals surface area contributed by atoms with Crippen LogP contribution in [0, 0.1) is 11.8 Å². The molecule has 0 aromatic carbocycles. The lowest BCUT2D eigenvalue weighted by Gasteiger charge is -2.36. The molecule has 0 bridgehead atoms. The Morgan fingerprint density at radius 1 is 1.22 bits per heavy atom. The van der Waals surface area contributed by atoms with Gasteiger partial charge >= 0.3 is 5.97 Å². The third-order valence-corrected chi connectivity index (χ3v) is 5.36. The molecule has 0 aromatic heterocycles. The zero-order valence-corrected chi connectivity index (χ0v) is 15.2. The second-order valence-electron chi connectivity index (χ2n) is 6.95. The first-order chi connectivity index (χ1) is 10.6. The van der Waals surface area contributed by atoms with E-state index >= 15 is 0 Å². The molecule has 1 aliphatic carbocycles. The molecule has 1 aliphatic heterocycles. The number of rotatable bonds is 5. The Morgan fingerprint density at radius 2 is 1.83 bits per heavy atom. The molecule has 0 spiro atoms. The van der Waals surface area contributed by atoms with Gasteiger partial charge in [-0.15, -0.1) is 12.4 Å². The van der Waals surface area contributed by atoms with Gasteiger partial charge < -0.3 is 15.4 Å². The minimum atomic E-state index is -0.780. The van der Waals surface area contributed by atoms with Gasteiger partial charge in [0.1, 0.15) is 5.54 Å². The first-order valence-electron chi connectivity index (χ1n) is 8.67. The highest BCUT2D eigenvalue weighted by atomic mass is 35.5. The Hall–Kier alpha value is -0.810. The van der Waals surface area contributed by atoms with Crippen molar-refractivity contribution in [1.82, 2.24) is 10.6 Å². The van der Waals surface area contributed by atoms with E-state index in [9.17, 15) is 9.59 Å². The van der Waals surface area contributed by atoms with Crippen molar-refractivity contribution in [2.24, 2.45) is 11.8 Å². The van der Waals surface area contributed by atoms with Gasteiger partial charge in [-0.2, -0.15) is 0 Å². The van der Waals surface area contributed by atoms with Gasteiger partial charge in [-0.1, -0.05) is 26.2 Å². The summed E-state index contributed by atoms with van der Waals surface area (Å²) in [5.74, 6) is 0.682. The highest BCUT2D eigenvalue weighted by molar-refractivity contribution is 5.88. The van der Waals surface area contributed by atoms with Crippen LogP contribution < -0.4 is 10.6 Å². The maximum atomic E-state index is 12.5. The molecule has 1 saturated heterocycles. The minimum absolute atomic E-state index is 0. The predicted molar refractivity (Wildman–Crippen MR) is 92.6 cm³/mol. The molecule has 1 amide bonds. The molecule has 23 heavy (non-hydrogen) atoms. The van der Waals surface area contributed by atoms with Crippen LogP contribution in [0.1, 0.15) is 58.3 Å².